The summed E-state index contributed by atoms with van der Waals surface area (Å²) < 4.78 is 7.01. The maximum absolute atomic E-state index is 5.76. The van der Waals surface area contributed by atoms with Crippen LogP contribution in [0.3, 0.4) is 0 Å². The third-order valence-corrected chi connectivity index (χ3v) is 4.33. The maximum atomic E-state index is 5.76. The number of piperidine rings is 1. The number of benzene rings is 1. The van der Waals surface area contributed by atoms with Crippen LogP contribution in [0.1, 0.15) is 32.6 Å². The molecule has 18 heavy (non-hydrogen) atoms. The number of hydrogen-bond donors (Lipinski definition) is 0. The lowest BCUT2D eigenvalue weighted by Crippen LogP contribution is -2.38. The van der Waals surface area contributed by atoms with Gasteiger partial charge in [0.25, 0.3) is 0 Å². The largest absolute Gasteiger partial charge is 0.494 e. The van der Waals surface area contributed by atoms with Crippen molar-refractivity contribution in [3.8, 4) is 5.75 Å². The van der Waals surface area contributed by atoms with E-state index in [0.717, 1.165) is 24.8 Å². The summed E-state index contributed by atoms with van der Waals surface area (Å²) in [4.78, 5) is 2.60. The van der Waals surface area contributed by atoms with E-state index < -0.39 is 0 Å². The quantitative estimate of drug-likeness (QED) is 0.583. The predicted octanol–water partition coefficient (Wildman–Crippen LogP) is 3.93. The molecule has 0 amide bonds. The van der Waals surface area contributed by atoms with Gasteiger partial charge in [-0.3, -0.25) is 0 Å². The first-order valence-electron chi connectivity index (χ1n) is 6.88. The first-order chi connectivity index (χ1) is 8.75. The van der Waals surface area contributed by atoms with Crippen molar-refractivity contribution < 1.29 is 4.74 Å². The van der Waals surface area contributed by atoms with E-state index in [9.17, 15) is 0 Å². The number of nitrogens with zero attached hydrogens (tertiary/aromatic N) is 1. The van der Waals surface area contributed by atoms with Crippen LogP contribution in [0, 0.1) is 3.57 Å². The van der Waals surface area contributed by atoms with E-state index >= 15 is 0 Å². The molecule has 1 atom stereocenters. The van der Waals surface area contributed by atoms with Crippen molar-refractivity contribution in [2.45, 2.75) is 38.6 Å². The van der Waals surface area contributed by atoms with Crippen LogP contribution in [0.25, 0.3) is 0 Å². The van der Waals surface area contributed by atoms with E-state index in [0.29, 0.717) is 0 Å². The minimum atomic E-state index is 0.761. The topological polar surface area (TPSA) is 12.5 Å². The molecule has 1 saturated heterocycles. The summed E-state index contributed by atoms with van der Waals surface area (Å²) in [5.74, 6) is 0.988. The summed E-state index contributed by atoms with van der Waals surface area (Å²) in [7, 11) is 0. The second-order valence-corrected chi connectivity index (χ2v) is 6.28. The molecule has 0 saturated carbocycles. The van der Waals surface area contributed by atoms with E-state index in [1.54, 1.807) is 0 Å². The van der Waals surface area contributed by atoms with Crippen LogP contribution in [0.15, 0.2) is 24.3 Å². The van der Waals surface area contributed by atoms with E-state index in [1.807, 2.05) is 12.1 Å². The normalized spacial score (nSPS) is 20.9. The second-order valence-electron chi connectivity index (χ2n) is 5.04. The van der Waals surface area contributed by atoms with Crippen LogP contribution in [0.5, 0.6) is 5.75 Å². The van der Waals surface area contributed by atoms with Crippen LogP contribution in [-0.4, -0.2) is 30.6 Å². The lowest BCUT2D eigenvalue weighted by molar-refractivity contribution is 0.148. The van der Waals surface area contributed by atoms with Gasteiger partial charge in [0.15, 0.2) is 0 Å². The molecule has 1 unspecified atom stereocenters. The lowest BCUT2D eigenvalue weighted by Gasteiger charge is -2.33. The van der Waals surface area contributed by atoms with Crippen molar-refractivity contribution in [1.82, 2.24) is 4.90 Å². The smallest absolute Gasteiger partial charge is 0.119 e. The average molecular weight is 359 g/mol. The highest BCUT2D eigenvalue weighted by molar-refractivity contribution is 14.1. The van der Waals surface area contributed by atoms with Crippen molar-refractivity contribution in [1.29, 1.82) is 0 Å². The van der Waals surface area contributed by atoms with E-state index in [2.05, 4.69) is 46.5 Å². The fraction of sp³-hybridized carbons (Fsp3) is 0.600. The molecule has 2 nitrogen and oxygen atoms in total. The summed E-state index contributed by atoms with van der Waals surface area (Å²) in [5.41, 5.74) is 0. The molecular weight excluding hydrogens is 337 g/mol. The Labute approximate surface area is 124 Å². The Hall–Kier alpha value is -0.290. The van der Waals surface area contributed by atoms with Gasteiger partial charge in [0.1, 0.15) is 5.75 Å². The highest BCUT2D eigenvalue weighted by atomic mass is 127. The van der Waals surface area contributed by atoms with E-state index in [1.165, 1.54) is 35.9 Å². The Morgan fingerprint density at radius 1 is 1.28 bits per heavy atom. The molecule has 0 radical (unpaired) electrons. The second kappa shape index (κ2) is 7.34. The molecule has 0 spiro atoms. The minimum absolute atomic E-state index is 0.761. The van der Waals surface area contributed by atoms with Gasteiger partial charge in [0.2, 0.25) is 0 Å². The summed E-state index contributed by atoms with van der Waals surface area (Å²) in [6.45, 7) is 5.61. The van der Waals surface area contributed by atoms with Crippen LogP contribution in [0.4, 0.5) is 0 Å². The van der Waals surface area contributed by atoms with Gasteiger partial charge in [-0.2, -0.15) is 0 Å². The Bertz CT molecular complexity index is 352. The van der Waals surface area contributed by atoms with Crippen molar-refractivity contribution in [2.75, 3.05) is 19.7 Å². The molecule has 1 heterocycles. The predicted molar refractivity (Wildman–Crippen MR) is 84.2 cm³/mol. The molecule has 1 aromatic carbocycles. The number of hydrogen-bond acceptors (Lipinski definition) is 2. The molecule has 0 aliphatic carbocycles. The van der Waals surface area contributed by atoms with E-state index in [4.69, 9.17) is 4.74 Å². The highest BCUT2D eigenvalue weighted by Gasteiger charge is 2.17. The Kier molecular flexibility index (Phi) is 5.76. The summed E-state index contributed by atoms with van der Waals surface area (Å²) >= 11 is 2.31. The molecule has 0 N–H and O–H groups in total. The highest BCUT2D eigenvalue weighted by Crippen LogP contribution is 2.17. The van der Waals surface area contributed by atoms with Gasteiger partial charge >= 0.3 is 0 Å². The zero-order valence-electron chi connectivity index (χ0n) is 11.1. The lowest BCUT2D eigenvalue weighted by atomic mass is 10.0. The van der Waals surface area contributed by atoms with Crippen molar-refractivity contribution >= 4 is 22.6 Å². The summed E-state index contributed by atoms with van der Waals surface area (Å²) in [6.07, 6.45) is 5.24. The Morgan fingerprint density at radius 3 is 2.78 bits per heavy atom. The molecule has 1 aromatic rings. The van der Waals surface area contributed by atoms with Crippen molar-refractivity contribution in [3.05, 3.63) is 27.8 Å². The third-order valence-electron chi connectivity index (χ3n) is 3.61. The number of halogens is 1. The molecule has 3 heteroatoms. The molecule has 1 fully saturated rings. The van der Waals surface area contributed by atoms with Gasteiger partial charge in [-0.1, -0.05) is 6.42 Å². The minimum Gasteiger partial charge on any atom is -0.494 e. The Balaban J connectivity index is 1.65. The molecule has 0 bridgehead atoms. The third kappa shape index (κ3) is 4.43. The van der Waals surface area contributed by atoms with Crippen LogP contribution in [0.2, 0.25) is 0 Å². The number of rotatable bonds is 5. The average Bonchev–Trinajstić information content (AvgIpc) is 2.39. The first kappa shape index (κ1) is 14.1. The molecule has 100 valence electrons. The van der Waals surface area contributed by atoms with Gasteiger partial charge in [-0.05, 0) is 79.6 Å². The fourth-order valence-corrected chi connectivity index (χ4v) is 2.84. The van der Waals surface area contributed by atoms with Gasteiger partial charge in [-0.15, -0.1) is 0 Å². The molecule has 1 aliphatic rings. The van der Waals surface area contributed by atoms with Crippen LogP contribution >= 0.6 is 22.6 Å². The van der Waals surface area contributed by atoms with E-state index in [-0.39, 0.29) is 0 Å². The summed E-state index contributed by atoms with van der Waals surface area (Å²) in [5, 5.41) is 0. The van der Waals surface area contributed by atoms with Gasteiger partial charge in [-0.25, -0.2) is 0 Å². The zero-order valence-corrected chi connectivity index (χ0v) is 13.2. The van der Waals surface area contributed by atoms with Gasteiger partial charge in [0, 0.05) is 16.2 Å². The monoisotopic (exact) mass is 359 g/mol. The molecule has 1 aliphatic heterocycles. The molecular formula is C15H22INO. The number of likely N-dealkylation sites (tertiary alicyclic amines) is 1. The van der Waals surface area contributed by atoms with Gasteiger partial charge < -0.3 is 9.64 Å². The SMILES string of the molecule is CC1CCCCN1CCCOc1ccc(I)cc1. The zero-order chi connectivity index (χ0) is 12.8. The Morgan fingerprint density at radius 2 is 2.06 bits per heavy atom. The van der Waals surface area contributed by atoms with Crippen LogP contribution < -0.4 is 4.74 Å². The van der Waals surface area contributed by atoms with Crippen molar-refractivity contribution in [2.24, 2.45) is 0 Å². The molecule has 0 aromatic heterocycles. The van der Waals surface area contributed by atoms with Crippen LogP contribution in [-0.2, 0) is 0 Å². The number of ether oxygens (including phenoxy) is 1. The summed E-state index contributed by atoms with van der Waals surface area (Å²) in [6, 6.07) is 9.03. The first-order valence-corrected chi connectivity index (χ1v) is 7.96. The maximum Gasteiger partial charge on any atom is 0.119 e. The fourth-order valence-electron chi connectivity index (χ4n) is 2.48. The van der Waals surface area contributed by atoms with Gasteiger partial charge in [0.05, 0.1) is 6.61 Å². The standard InChI is InChI=1S/C15H22INO/c1-13-5-2-3-10-17(13)11-4-12-18-15-8-6-14(16)7-9-15/h6-9,13H,2-5,10-12H2,1H3. The van der Waals surface area contributed by atoms with Crippen molar-refractivity contribution in [3.63, 3.8) is 0 Å². The molecule has 2 rings (SSSR count).